The lowest BCUT2D eigenvalue weighted by atomic mass is 10.0. The first-order valence-corrected chi connectivity index (χ1v) is 12.1. The van der Waals surface area contributed by atoms with Gasteiger partial charge in [0, 0.05) is 56.0 Å². The lowest BCUT2D eigenvalue weighted by Gasteiger charge is -2.37. The summed E-state index contributed by atoms with van der Waals surface area (Å²) in [5, 5.41) is 9.71. The molecule has 9 heteroatoms. The molecule has 3 rings (SSSR count). The normalized spacial score (nSPS) is 20.8. The van der Waals surface area contributed by atoms with Crippen LogP contribution in [0.1, 0.15) is 31.9 Å². The Labute approximate surface area is 195 Å². The molecule has 1 amide bonds. The monoisotopic (exact) mass is 471 g/mol. The minimum atomic E-state index is -3.93. The number of pyridine rings is 1. The number of aliphatic hydroxyl groups excluding tert-OH is 1. The van der Waals surface area contributed by atoms with Gasteiger partial charge in [0.2, 0.25) is 15.9 Å². The summed E-state index contributed by atoms with van der Waals surface area (Å²) in [5.74, 6) is 5.89. The summed E-state index contributed by atoms with van der Waals surface area (Å²) in [5.41, 5.74) is 1.37. The SMILES string of the molecule is CC(=O)N(C)C[C@H]1Oc2cc(C#Cc3ccncc3)ccc2S(=O)(=O)N([C@@H](C)CO)C[C@H]1C. The maximum atomic E-state index is 13.5. The van der Waals surface area contributed by atoms with Crippen LogP contribution in [0.3, 0.4) is 0 Å². The fourth-order valence-electron chi connectivity index (χ4n) is 3.50. The van der Waals surface area contributed by atoms with Gasteiger partial charge in [-0.3, -0.25) is 9.78 Å². The first-order valence-electron chi connectivity index (χ1n) is 10.7. The van der Waals surface area contributed by atoms with E-state index in [1.165, 1.54) is 17.3 Å². The summed E-state index contributed by atoms with van der Waals surface area (Å²) in [6.45, 7) is 5.16. The molecule has 1 aromatic heterocycles. The largest absolute Gasteiger partial charge is 0.487 e. The van der Waals surface area contributed by atoms with E-state index < -0.39 is 22.2 Å². The highest BCUT2D eigenvalue weighted by molar-refractivity contribution is 7.89. The molecule has 0 fully saturated rings. The van der Waals surface area contributed by atoms with Crippen molar-refractivity contribution in [3.05, 3.63) is 53.9 Å². The van der Waals surface area contributed by atoms with Gasteiger partial charge in [-0.05, 0) is 37.3 Å². The van der Waals surface area contributed by atoms with Gasteiger partial charge in [0.15, 0.2) is 0 Å². The molecule has 0 spiro atoms. The molecule has 0 bridgehead atoms. The maximum absolute atomic E-state index is 13.5. The van der Waals surface area contributed by atoms with Crippen LogP contribution >= 0.6 is 0 Å². The number of likely N-dealkylation sites (N-methyl/N-ethyl adjacent to an activating group) is 1. The van der Waals surface area contributed by atoms with Crippen LogP contribution in [0, 0.1) is 17.8 Å². The molecular weight excluding hydrogens is 442 g/mol. The molecule has 1 N–H and O–H groups in total. The van der Waals surface area contributed by atoms with Crippen molar-refractivity contribution in [1.82, 2.24) is 14.2 Å². The zero-order chi connectivity index (χ0) is 24.2. The summed E-state index contributed by atoms with van der Waals surface area (Å²) in [6.07, 6.45) is 2.84. The minimum Gasteiger partial charge on any atom is -0.487 e. The van der Waals surface area contributed by atoms with Gasteiger partial charge >= 0.3 is 0 Å². The van der Waals surface area contributed by atoms with Gasteiger partial charge in [-0.25, -0.2) is 8.42 Å². The molecule has 2 aromatic rings. The number of carbonyl (C=O) groups excluding carboxylic acids is 1. The molecule has 0 saturated heterocycles. The van der Waals surface area contributed by atoms with Crippen molar-refractivity contribution in [2.45, 2.75) is 37.8 Å². The van der Waals surface area contributed by atoms with Crippen LogP contribution < -0.4 is 4.74 Å². The van der Waals surface area contributed by atoms with Crippen molar-refractivity contribution < 1.29 is 23.1 Å². The van der Waals surface area contributed by atoms with Gasteiger partial charge in [-0.15, -0.1) is 0 Å². The highest BCUT2D eigenvalue weighted by atomic mass is 32.2. The molecule has 8 nitrogen and oxygen atoms in total. The van der Waals surface area contributed by atoms with E-state index >= 15 is 0 Å². The number of amides is 1. The van der Waals surface area contributed by atoms with Crippen LogP contribution in [0.2, 0.25) is 0 Å². The molecule has 0 unspecified atom stereocenters. The molecule has 0 aliphatic carbocycles. The number of hydrogen-bond acceptors (Lipinski definition) is 6. The van der Waals surface area contributed by atoms with E-state index in [4.69, 9.17) is 4.74 Å². The van der Waals surface area contributed by atoms with E-state index in [-0.39, 0.29) is 35.6 Å². The first-order chi connectivity index (χ1) is 15.6. The Morgan fingerprint density at radius 1 is 1.27 bits per heavy atom. The maximum Gasteiger partial charge on any atom is 0.247 e. The number of aliphatic hydroxyl groups is 1. The minimum absolute atomic E-state index is 0.0136. The molecule has 0 radical (unpaired) electrons. The second kappa shape index (κ2) is 10.3. The van der Waals surface area contributed by atoms with Crippen molar-refractivity contribution in [2.75, 3.05) is 26.7 Å². The molecular formula is C24H29N3O5S. The molecule has 2 heterocycles. The van der Waals surface area contributed by atoms with Crippen LogP contribution in [0.5, 0.6) is 5.75 Å². The topological polar surface area (TPSA) is 100 Å². The Kier molecular flexibility index (Phi) is 7.74. The number of hydrogen-bond donors (Lipinski definition) is 1. The summed E-state index contributed by atoms with van der Waals surface area (Å²) < 4.78 is 34.5. The van der Waals surface area contributed by atoms with E-state index in [9.17, 15) is 18.3 Å². The smallest absolute Gasteiger partial charge is 0.247 e. The van der Waals surface area contributed by atoms with Crippen molar-refractivity contribution in [3.63, 3.8) is 0 Å². The molecule has 176 valence electrons. The van der Waals surface area contributed by atoms with E-state index in [1.807, 2.05) is 6.92 Å². The lowest BCUT2D eigenvalue weighted by molar-refractivity contribution is -0.129. The number of carbonyl (C=O) groups is 1. The Balaban J connectivity index is 2.08. The van der Waals surface area contributed by atoms with Gasteiger partial charge < -0.3 is 14.7 Å². The third-order valence-electron chi connectivity index (χ3n) is 5.69. The second-order valence-electron chi connectivity index (χ2n) is 8.29. The third-order valence-corrected chi connectivity index (χ3v) is 7.71. The summed E-state index contributed by atoms with van der Waals surface area (Å²) in [7, 11) is -2.25. The molecule has 3 atom stereocenters. The predicted octanol–water partition coefficient (Wildman–Crippen LogP) is 1.73. The van der Waals surface area contributed by atoms with E-state index in [0.717, 1.165) is 5.56 Å². The van der Waals surface area contributed by atoms with Gasteiger partial charge in [0.1, 0.15) is 16.7 Å². The fraction of sp³-hybridized carbons (Fsp3) is 0.417. The molecule has 1 aliphatic heterocycles. The highest BCUT2D eigenvalue weighted by Crippen LogP contribution is 2.34. The predicted molar refractivity (Wildman–Crippen MR) is 124 cm³/mol. The average Bonchev–Trinajstić information content (AvgIpc) is 2.79. The quantitative estimate of drug-likeness (QED) is 0.682. The zero-order valence-corrected chi connectivity index (χ0v) is 20.0. The molecule has 0 saturated carbocycles. The van der Waals surface area contributed by atoms with Gasteiger partial charge in [-0.1, -0.05) is 18.8 Å². The Morgan fingerprint density at radius 3 is 2.58 bits per heavy atom. The number of ether oxygens (including phenoxy) is 1. The van der Waals surface area contributed by atoms with Crippen molar-refractivity contribution in [2.24, 2.45) is 5.92 Å². The van der Waals surface area contributed by atoms with Crippen molar-refractivity contribution >= 4 is 15.9 Å². The standard InChI is InChI=1S/C24H29N3O5S/c1-17-14-27(18(2)16-28)33(30,31)24-8-7-21(6-5-20-9-11-25-12-10-20)13-22(24)32-23(17)15-26(4)19(3)29/h7-13,17-18,23,28H,14-16H2,1-4H3/t17-,18+,23-/m1/s1. The van der Waals surface area contributed by atoms with E-state index in [0.29, 0.717) is 12.1 Å². The van der Waals surface area contributed by atoms with Crippen LogP contribution in [0.15, 0.2) is 47.6 Å². The number of aromatic nitrogens is 1. The first kappa shape index (κ1) is 24.7. The molecule has 1 aromatic carbocycles. The molecule has 33 heavy (non-hydrogen) atoms. The van der Waals surface area contributed by atoms with E-state index in [1.54, 1.807) is 55.5 Å². The number of sulfonamides is 1. The highest BCUT2D eigenvalue weighted by Gasteiger charge is 2.38. The summed E-state index contributed by atoms with van der Waals surface area (Å²) in [4.78, 5) is 17.4. The van der Waals surface area contributed by atoms with Crippen molar-refractivity contribution in [3.8, 4) is 17.6 Å². The van der Waals surface area contributed by atoms with Crippen LogP contribution in [0.4, 0.5) is 0 Å². The third kappa shape index (κ3) is 5.71. The average molecular weight is 472 g/mol. The van der Waals surface area contributed by atoms with Crippen LogP contribution in [0.25, 0.3) is 0 Å². The fourth-order valence-corrected chi connectivity index (χ4v) is 5.33. The molecule has 1 aliphatic rings. The van der Waals surface area contributed by atoms with E-state index in [2.05, 4.69) is 16.8 Å². The van der Waals surface area contributed by atoms with Gasteiger partial charge in [-0.2, -0.15) is 4.31 Å². The van der Waals surface area contributed by atoms with Gasteiger partial charge in [0.05, 0.1) is 13.2 Å². The summed E-state index contributed by atoms with van der Waals surface area (Å²) >= 11 is 0. The Hall–Kier alpha value is -2.93. The second-order valence-corrected chi connectivity index (χ2v) is 10.1. The Morgan fingerprint density at radius 2 is 1.94 bits per heavy atom. The van der Waals surface area contributed by atoms with Crippen LogP contribution in [-0.4, -0.2) is 72.5 Å². The van der Waals surface area contributed by atoms with Crippen LogP contribution in [-0.2, 0) is 14.8 Å². The lowest BCUT2D eigenvalue weighted by Crippen LogP contribution is -2.50. The number of nitrogens with zero attached hydrogens (tertiary/aromatic N) is 3. The Bertz CT molecular complexity index is 1160. The zero-order valence-electron chi connectivity index (χ0n) is 19.2. The number of rotatable bonds is 4. The van der Waals surface area contributed by atoms with Gasteiger partial charge in [0.25, 0.3) is 0 Å². The van der Waals surface area contributed by atoms with Crippen molar-refractivity contribution in [1.29, 1.82) is 0 Å². The number of benzene rings is 1. The number of fused-ring (bicyclic) bond motifs is 1. The summed E-state index contributed by atoms with van der Waals surface area (Å²) in [6, 6.07) is 7.69.